The Kier molecular flexibility index (Phi) is 4.24. The van der Waals surface area contributed by atoms with Crippen molar-refractivity contribution in [3.63, 3.8) is 0 Å². The average Bonchev–Trinajstić information content (AvgIpc) is 2.46. The summed E-state index contributed by atoms with van der Waals surface area (Å²) in [5, 5.41) is 0. The fourth-order valence-corrected chi connectivity index (χ4v) is 1.79. The molecule has 2 heteroatoms. The van der Waals surface area contributed by atoms with Gasteiger partial charge in [-0.1, -0.05) is 60.7 Å². The van der Waals surface area contributed by atoms with Crippen LogP contribution in [0, 0.1) is 0 Å². The predicted molar refractivity (Wildman–Crippen MR) is 78.7 cm³/mol. The van der Waals surface area contributed by atoms with Gasteiger partial charge >= 0.3 is 0 Å². The molecule has 0 aliphatic carbocycles. The Morgan fingerprint density at radius 2 is 1.32 bits per heavy atom. The van der Waals surface area contributed by atoms with E-state index in [0.717, 1.165) is 16.8 Å². The topological polar surface area (TPSA) is 29.4 Å². The van der Waals surface area contributed by atoms with Crippen molar-refractivity contribution in [1.29, 1.82) is 0 Å². The zero-order valence-corrected chi connectivity index (χ0v) is 11.2. The van der Waals surface area contributed by atoms with E-state index in [0.29, 0.717) is 0 Å². The lowest BCUT2D eigenvalue weighted by atomic mass is 10.0. The lowest BCUT2D eigenvalue weighted by molar-refractivity contribution is -0.117. The Labute approximate surface area is 113 Å². The second kappa shape index (κ2) is 6.10. The second-order valence-electron chi connectivity index (χ2n) is 4.50. The highest BCUT2D eigenvalue weighted by Crippen LogP contribution is 2.12. The molecule has 2 rings (SSSR count). The summed E-state index contributed by atoms with van der Waals surface area (Å²) < 4.78 is 0. The molecule has 0 bridgehead atoms. The molecule has 0 aromatic heterocycles. The summed E-state index contributed by atoms with van der Waals surface area (Å²) >= 11 is 0. The molecule has 1 unspecified atom stereocenters. The maximum Gasteiger partial charge on any atom is 0.153 e. The zero-order chi connectivity index (χ0) is 13.7. The first-order chi connectivity index (χ1) is 9.18. The van der Waals surface area contributed by atoms with Crippen molar-refractivity contribution in [1.82, 2.24) is 0 Å². The van der Waals surface area contributed by atoms with Crippen molar-refractivity contribution in [3.05, 3.63) is 71.8 Å². The first-order valence-corrected chi connectivity index (χ1v) is 6.37. The number of hydrogen-bond acceptors (Lipinski definition) is 2. The molecular weight excluding hydrogens is 234 g/mol. The summed E-state index contributed by atoms with van der Waals surface area (Å²) in [7, 11) is 0. The van der Waals surface area contributed by atoms with E-state index in [1.54, 1.807) is 6.92 Å². The van der Waals surface area contributed by atoms with Gasteiger partial charge in [-0.15, -0.1) is 0 Å². The van der Waals surface area contributed by atoms with E-state index in [1.165, 1.54) is 0 Å². The maximum atomic E-state index is 11.4. The maximum absolute atomic E-state index is 11.4. The number of nitrogens with zero attached hydrogens (tertiary/aromatic N) is 1. The largest absolute Gasteiger partial charge is 0.298 e. The van der Waals surface area contributed by atoms with Crippen LogP contribution in [-0.4, -0.2) is 17.5 Å². The zero-order valence-electron chi connectivity index (χ0n) is 11.2. The van der Waals surface area contributed by atoms with Crippen molar-refractivity contribution in [2.45, 2.75) is 19.9 Å². The minimum Gasteiger partial charge on any atom is -0.298 e. The molecule has 2 aromatic carbocycles. The number of rotatable bonds is 4. The molecule has 0 heterocycles. The Morgan fingerprint density at radius 3 is 1.68 bits per heavy atom. The van der Waals surface area contributed by atoms with E-state index in [-0.39, 0.29) is 11.8 Å². The highest BCUT2D eigenvalue weighted by Gasteiger charge is 2.11. The van der Waals surface area contributed by atoms with Gasteiger partial charge in [0.25, 0.3) is 0 Å². The monoisotopic (exact) mass is 251 g/mol. The van der Waals surface area contributed by atoms with Crippen molar-refractivity contribution >= 4 is 11.5 Å². The first kappa shape index (κ1) is 13.2. The van der Waals surface area contributed by atoms with Gasteiger partial charge in [-0.2, -0.15) is 0 Å². The van der Waals surface area contributed by atoms with Gasteiger partial charge in [0.1, 0.15) is 6.04 Å². The van der Waals surface area contributed by atoms with Crippen LogP contribution in [0.25, 0.3) is 0 Å². The third kappa shape index (κ3) is 3.38. The fraction of sp³-hybridized carbons (Fsp3) is 0.176. The molecule has 0 aliphatic heterocycles. The second-order valence-corrected chi connectivity index (χ2v) is 4.50. The van der Waals surface area contributed by atoms with Gasteiger partial charge in [-0.3, -0.25) is 9.79 Å². The minimum absolute atomic E-state index is 0.0735. The van der Waals surface area contributed by atoms with E-state index < -0.39 is 0 Å². The van der Waals surface area contributed by atoms with Gasteiger partial charge in [-0.05, 0) is 13.8 Å². The van der Waals surface area contributed by atoms with Crippen molar-refractivity contribution in [3.8, 4) is 0 Å². The van der Waals surface area contributed by atoms with Gasteiger partial charge in [-0.25, -0.2) is 0 Å². The predicted octanol–water partition coefficient (Wildman–Crippen LogP) is 3.50. The quantitative estimate of drug-likeness (QED) is 0.765. The molecule has 0 N–H and O–H groups in total. The third-order valence-electron chi connectivity index (χ3n) is 3.01. The SMILES string of the molecule is CC(=O)C(C)N=C(c1ccccc1)c1ccccc1. The standard InChI is InChI=1S/C17H17NO/c1-13(14(2)19)18-17(15-9-5-3-6-10-15)16-11-7-4-8-12-16/h3-13H,1-2H3. The molecule has 0 amide bonds. The summed E-state index contributed by atoms with van der Waals surface area (Å²) in [5.41, 5.74) is 2.92. The number of ketones is 1. The van der Waals surface area contributed by atoms with Crippen LogP contribution >= 0.6 is 0 Å². The van der Waals surface area contributed by atoms with Crippen LogP contribution in [0.4, 0.5) is 0 Å². The lowest BCUT2D eigenvalue weighted by Crippen LogP contribution is -2.15. The van der Waals surface area contributed by atoms with Gasteiger partial charge in [0.15, 0.2) is 5.78 Å². The van der Waals surface area contributed by atoms with Crippen LogP contribution in [0.3, 0.4) is 0 Å². The number of hydrogen-bond donors (Lipinski definition) is 0. The van der Waals surface area contributed by atoms with E-state index in [4.69, 9.17) is 0 Å². The van der Waals surface area contributed by atoms with Crippen molar-refractivity contribution < 1.29 is 4.79 Å². The van der Waals surface area contributed by atoms with E-state index in [9.17, 15) is 4.79 Å². The van der Waals surface area contributed by atoms with Crippen LogP contribution in [0.1, 0.15) is 25.0 Å². The molecule has 0 saturated carbocycles. The Morgan fingerprint density at radius 1 is 0.895 bits per heavy atom. The normalized spacial score (nSPS) is 11.7. The van der Waals surface area contributed by atoms with Crippen LogP contribution in [0.5, 0.6) is 0 Å². The molecule has 96 valence electrons. The van der Waals surface area contributed by atoms with E-state index in [1.807, 2.05) is 67.6 Å². The first-order valence-electron chi connectivity index (χ1n) is 6.37. The summed E-state index contributed by atoms with van der Waals surface area (Å²) in [5.74, 6) is 0.0735. The lowest BCUT2D eigenvalue weighted by Gasteiger charge is -2.10. The number of benzene rings is 2. The number of carbonyl (C=O) groups excluding carboxylic acids is 1. The van der Waals surface area contributed by atoms with Gasteiger partial charge < -0.3 is 0 Å². The molecule has 0 aliphatic rings. The summed E-state index contributed by atoms with van der Waals surface area (Å²) in [6, 6.07) is 19.6. The fourth-order valence-electron chi connectivity index (χ4n) is 1.79. The molecule has 1 atom stereocenters. The molecule has 0 radical (unpaired) electrons. The summed E-state index contributed by atoms with van der Waals surface area (Å²) in [6.07, 6.45) is 0. The van der Waals surface area contributed by atoms with Crippen LogP contribution in [0.2, 0.25) is 0 Å². The molecule has 19 heavy (non-hydrogen) atoms. The van der Waals surface area contributed by atoms with Gasteiger partial charge in [0.2, 0.25) is 0 Å². The molecule has 2 nitrogen and oxygen atoms in total. The van der Waals surface area contributed by atoms with Crippen molar-refractivity contribution in [2.75, 3.05) is 0 Å². The van der Waals surface area contributed by atoms with E-state index in [2.05, 4.69) is 4.99 Å². The molecule has 0 fully saturated rings. The van der Waals surface area contributed by atoms with E-state index >= 15 is 0 Å². The van der Waals surface area contributed by atoms with Crippen LogP contribution in [0.15, 0.2) is 65.7 Å². The molecule has 0 spiro atoms. The van der Waals surface area contributed by atoms with Crippen molar-refractivity contribution in [2.24, 2.45) is 4.99 Å². The minimum atomic E-state index is -0.324. The summed E-state index contributed by atoms with van der Waals surface area (Å²) in [4.78, 5) is 16.0. The van der Waals surface area contributed by atoms with Crippen LogP contribution < -0.4 is 0 Å². The highest BCUT2D eigenvalue weighted by molar-refractivity contribution is 6.13. The number of Topliss-reactive ketones (excluding diaryl/α,β-unsaturated/α-hetero) is 1. The van der Waals surface area contributed by atoms with Gasteiger partial charge in [0.05, 0.1) is 5.71 Å². The molecule has 0 saturated heterocycles. The summed E-state index contributed by atoms with van der Waals surface area (Å²) in [6.45, 7) is 3.40. The van der Waals surface area contributed by atoms with Crippen LogP contribution in [-0.2, 0) is 4.79 Å². The number of aliphatic imine (C=N–C) groups is 1. The Hall–Kier alpha value is -2.22. The van der Waals surface area contributed by atoms with Gasteiger partial charge in [0, 0.05) is 11.1 Å². The molecule has 2 aromatic rings. The average molecular weight is 251 g/mol. The highest BCUT2D eigenvalue weighted by atomic mass is 16.1. The smallest absolute Gasteiger partial charge is 0.153 e. The number of carbonyl (C=O) groups is 1. The Bertz CT molecular complexity index is 531. The Balaban J connectivity index is 2.49. The molecular formula is C17H17NO. The third-order valence-corrected chi connectivity index (χ3v) is 3.01.